The van der Waals surface area contributed by atoms with Crippen LogP contribution in [0.2, 0.25) is 5.02 Å². The standard InChI is InChI=1S/C21H19ClF3N3O2S2/c22-17-6-4-15(5-7-17)12-18-14-31-20(26-18)27-8-10-28(11-9-27)32(29,30)19-3-1-2-16(13-19)21(23,24)25/h1-7,13-14H,8-12H2. The van der Waals surface area contributed by atoms with Crippen LogP contribution in [0.15, 0.2) is 58.8 Å². The maximum atomic E-state index is 13.0. The van der Waals surface area contributed by atoms with Crippen molar-refractivity contribution in [2.75, 3.05) is 31.1 Å². The van der Waals surface area contributed by atoms with Crippen molar-refractivity contribution in [2.45, 2.75) is 17.5 Å². The van der Waals surface area contributed by atoms with Gasteiger partial charge in [0.15, 0.2) is 5.13 Å². The van der Waals surface area contributed by atoms with Gasteiger partial charge in [0, 0.05) is 43.0 Å². The van der Waals surface area contributed by atoms with Crippen LogP contribution in [0.5, 0.6) is 0 Å². The van der Waals surface area contributed by atoms with Gasteiger partial charge in [-0.05, 0) is 35.9 Å². The number of thiazole rings is 1. The molecule has 0 radical (unpaired) electrons. The highest BCUT2D eigenvalue weighted by Crippen LogP contribution is 2.31. The summed E-state index contributed by atoms with van der Waals surface area (Å²) < 4.78 is 65.8. The molecule has 0 unspecified atom stereocenters. The first-order valence-corrected chi connectivity index (χ1v) is 12.4. The van der Waals surface area contributed by atoms with Gasteiger partial charge in [-0.1, -0.05) is 29.8 Å². The van der Waals surface area contributed by atoms with Crippen LogP contribution in [0.3, 0.4) is 0 Å². The van der Waals surface area contributed by atoms with Crippen molar-refractivity contribution in [2.24, 2.45) is 0 Å². The molecule has 2 heterocycles. The number of alkyl halides is 3. The number of rotatable bonds is 5. The van der Waals surface area contributed by atoms with E-state index in [-0.39, 0.29) is 18.0 Å². The van der Waals surface area contributed by atoms with E-state index < -0.39 is 21.8 Å². The molecule has 1 aromatic heterocycles. The second kappa shape index (κ2) is 9.01. The number of anilines is 1. The Kier molecular flexibility index (Phi) is 6.49. The number of halogens is 4. The Labute approximate surface area is 193 Å². The Balaban J connectivity index is 1.41. The third-order valence-corrected chi connectivity index (χ3v) is 8.24. The van der Waals surface area contributed by atoms with Crippen molar-refractivity contribution < 1.29 is 21.6 Å². The molecule has 0 aliphatic carbocycles. The molecule has 1 aliphatic rings. The Morgan fingerprint density at radius 2 is 1.72 bits per heavy atom. The Morgan fingerprint density at radius 3 is 2.38 bits per heavy atom. The molecule has 0 bridgehead atoms. The predicted molar refractivity (Wildman–Crippen MR) is 119 cm³/mol. The molecule has 3 aromatic rings. The monoisotopic (exact) mass is 501 g/mol. The molecule has 11 heteroatoms. The fraction of sp³-hybridized carbons (Fsp3) is 0.286. The maximum absolute atomic E-state index is 13.0. The topological polar surface area (TPSA) is 53.5 Å². The van der Waals surface area contributed by atoms with E-state index in [0.29, 0.717) is 30.6 Å². The minimum atomic E-state index is -4.60. The van der Waals surface area contributed by atoms with Gasteiger partial charge in [0.25, 0.3) is 0 Å². The van der Waals surface area contributed by atoms with Crippen LogP contribution in [0, 0.1) is 0 Å². The fourth-order valence-corrected chi connectivity index (χ4v) is 5.91. The summed E-state index contributed by atoms with van der Waals surface area (Å²) in [7, 11) is -4.01. The van der Waals surface area contributed by atoms with Crippen molar-refractivity contribution in [1.82, 2.24) is 9.29 Å². The van der Waals surface area contributed by atoms with E-state index in [2.05, 4.69) is 4.98 Å². The maximum Gasteiger partial charge on any atom is 0.416 e. The molecular weight excluding hydrogens is 483 g/mol. The second-order valence-electron chi connectivity index (χ2n) is 7.34. The zero-order valence-electron chi connectivity index (χ0n) is 16.7. The molecule has 0 saturated carbocycles. The summed E-state index contributed by atoms with van der Waals surface area (Å²) in [6.07, 6.45) is -3.93. The molecule has 0 atom stereocenters. The van der Waals surface area contributed by atoms with Crippen LogP contribution in [-0.2, 0) is 22.6 Å². The lowest BCUT2D eigenvalue weighted by atomic mass is 10.1. The Bertz CT molecular complexity index is 1190. The van der Waals surface area contributed by atoms with Crippen LogP contribution in [0.25, 0.3) is 0 Å². The summed E-state index contributed by atoms with van der Waals surface area (Å²) in [4.78, 5) is 6.30. The van der Waals surface area contributed by atoms with Gasteiger partial charge in [0.2, 0.25) is 10.0 Å². The molecule has 1 fully saturated rings. The van der Waals surface area contributed by atoms with E-state index in [1.807, 2.05) is 34.5 Å². The summed E-state index contributed by atoms with van der Waals surface area (Å²) in [5.41, 5.74) is 1.02. The number of aromatic nitrogens is 1. The number of sulfonamides is 1. The van der Waals surface area contributed by atoms with Crippen molar-refractivity contribution in [3.8, 4) is 0 Å². The lowest BCUT2D eigenvalue weighted by Crippen LogP contribution is -2.48. The van der Waals surface area contributed by atoms with Crippen molar-refractivity contribution in [3.63, 3.8) is 0 Å². The number of nitrogens with zero attached hydrogens (tertiary/aromatic N) is 3. The van der Waals surface area contributed by atoms with Gasteiger partial charge in [0.1, 0.15) is 0 Å². The van der Waals surface area contributed by atoms with Gasteiger partial charge >= 0.3 is 6.18 Å². The lowest BCUT2D eigenvalue weighted by Gasteiger charge is -2.33. The smallest absolute Gasteiger partial charge is 0.345 e. The first-order chi connectivity index (χ1) is 15.1. The third kappa shape index (κ3) is 5.09. The van der Waals surface area contributed by atoms with Crippen LogP contribution < -0.4 is 4.90 Å². The van der Waals surface area contributed by atoms with E-state index in [1.165, 1.54) is 21.7 Å². The number of hydrogen-bond donors (Lipinski definition) is 0. The van der Waals surface area contributed by atoms with Gasteiger partial charge in [-0.25, -0.2) is 13.4 Å². The van der Waals surface area contributed by atoms with Crippen LogP contribution in [-0.4, -0.2) is 43.9 Å². The summed E-state index contributed by atoms with van der Waals surface area (Å²) in [5, 5.41) is 3.44. The van der Waals surface area contributed by atoms with Gasteiger partial charge in [-0.3, -0.25) is 0 Å². The summed E-state index contributed by atoms with van der Waals surface area (Å²) in [6, 6.07) is 11.4. The SMILES string of the molecule is O=S(=O)(c1cccc(C(F)(F)F)c1)N1CCN(c2nc(Cc3ccc(Cl)cc3)cs2)CC1. The van der Waals surface area contributed by atoms with E-state index in [4.69, 9.17) is 11.6 Å². The molecule has 5 nitrogen and oxygen atoms in total. The summed E-state index contributed by atoms with van der Waals surface area (Å²) in [6.45, 7) is 1.16. The molecule has 1 aliphatic heterocycles. The van der Waals surface area contributed by atoms with Crippen molar-refractivity contribution in [3.05, 3.63) is 75.8 Å². The zero-order chi connectivity index (χ0) is 22.9. The normalized spacial score (nSPS) is 15.8. The summed E-state index contributed by atoms with van der Waals surface area (Å²) in [5.74, 6) is 0. The minimum absolute atomic E-state index is 0.171. The molecule has 0 amide bonds. The quantitative estimate of drug-likeness (QED) is 0.498. The van der Waals surface area contributed by atoms with E-state index in [9.17, 15) is 21.6 Å². The second-order valence-corrected chi connectivity index (χ2v) is 10.6. The number of piperazine rings is 1. The molecule has 0 N–H and O–H groups in total. The third-order valence-electron chi connectivity index (χ3n) is 5.15. The molecule has 0 spiro atoms. The average molecular weight is 502 g/mol. The lowest BCUT2D eigenvalue weighted by molar-refractivity contribution is -0.137. The fourth-order valence-electron chi connectivity index (χ4n) is 3.44. The molecule has 4 rings (SSSR count). The predicted octanol–water partition coefficient (Wildman–Crippen LogP) is 4.92. The van der Waals surface area contributed by atoms with E-state index >= 15 is 0 Å². The average Bonchev–Trinajstić information content (AvgIpc) is 3.23. The molecule has 170 valence electrons. The van der Waals surface area contributed by atoms with Gasteiger partial charge in [0.05, 0.1) is 16.2 Å². The molecular formula is C21H19ClF3N3O2S2. The highest BCUT2D eigenvalue weighted by molar-refractivity contribution is 7.89. The number of hydrogen-bond acceptors (Lipinski definition) is 5. The van der Waals surface area contributed by atoms with Crippen LogP contribution in [0.4, 0.5) is 18.3 Å². The van der Waals surface area contributed by atoms with E-state index in [0.717, 1.165) is 28.5 Å². The largest absolute Gasteiger partial charge is 0.416 e. The van der Waals surface area contributed by atoms with Gasteiger partial charge in [-0.15, -0.1) is 11.3 Å². The highest BCUT2D eigenvalue weighted by atomic mass is 35.5. The van der Waals surface area contributed by atoms with Gasteiger partial charge < -0.3 is 4.90 Å². The highest BCUT2D eigenvalue weighted by Gasteiger charge is 2.34. The van der Waals surface area contributed by atoms with E-state index in [1.54, 1.807) is 0 Å². The first kappa shape index (κ1) is 23.0. The van der Waals surface area contributed by atoms with Gasteiger partial charge in [-0.2, -0.15) is 17.5 Å². The minimum Gasteiger partial charge on any atom is -0.345 e. The van der Waals surface area contributed by atoms with Crippen molar-refractivity contribution >= 4 is 38.1 Å². The zero-order valence-corrected chi connectivity index (χ0v) is 19.1. The first-order valence-electron chi connectivity index (χ1n) is 9.74. The van der Waals surface area contributed by atoms with Crippen LogP contribution >= 0.6 is 22.9 Å². The summed E-state index contributed by atoms with van der Waals surface area (Å²) >= 11 is 7.40. The molecule has 2 aromatic carbocycles. The van der Waals surface area contributed by atoms with Crippen LogP contribution in [0.1, 0.15) is 16.8 Å². The Morgan fingerprint density at radius 1 is 1.03 bits per heavy atom. The number of benzene rings is 2. The molecule has 32 heavy (non-hydrogen) atoms. The molecule has 1 saturated heterocycles. The Hall–Kier alpha value is -2.14. The van der Waals surface area contributed by atoms with Crippen molar-refractivity contribution in [1.29, 1.82) is 0 Å².